The summed E-state index contributed by atoms with van der Waals surface area (Å²) >= 11 is 0. The number of pyridine rings is 1. The molecule has 1 aromatic heterocycles. The third kappa shape index (κ3) is 2.53. The van der Waals surface area contributed by atoms with E-state index in [1.165, 1.54) is 4.90 Å². The van der Waals surface area contributed by atoms with Crippen molar-refractivity contribution in [1.82, 2.24) is 9.88 Å². The first-order valence-corrected chi connectivity index (χ1v) is 7.67. The number of carbonyl (C=O) groups is 2. The van der Waals surface area contributed by atoms with Crippen LogP contribution in [0.15, 0.2) is 42.7 Å². The van der Waals surface area contributed by atoms with Crippen LogP contribution in [-0.4, -0.2) is 27.2 Å². The largest absolute Gasteiger partial charge is 0.412 e. The lowest BCUT2D eigenvalue weighted by Crippen LogP contribution is -2.33. The summed E-state index contributed by atoms with van der Waals surface area (Å²) in [4.78, 5) is 30.5. The lowest BCUT2D eigenvalue weighted by Gasteiger charge is -2.22. The standard InChI is InChI=1S/C16H12N2O2.C2H6.H2O/c19-15-12-3-1-2-4-13(12)16(20)18(15)14-6-5-10-9-17-8-7-11(10)14;1-2;/h1-4,7-9,14H,5-6H2;1-2H3;1H2/t14-;;/m1../s1. The number of hydrogen-bond acceptors (Lipinski definition) is 3. The number of nitrogens with zero attached hydrogens (tertiary/aromatic N) is 2. The Bertz CT molecular complexity index is 708. The monoisotopic (exact) mass is 312 g/mol. The molecule has 1 atom stereocenters. The number of aryl methyl sites for hydroxylation is 1. The average molecular weight is 312 g/mol. The van der Waals surface area contributed by atoms with Crippen LogP contribution in [0.25, 0.3) is 0 Å². The van der Waals surface area contributed by atoms with Gasteiger partial charge in [0.05, 0.1) is 17.2 Å². The third-order valence-corrected chi connectivity index (χ3v) is 4.12. The minimum atomic E-state index is -0.180. The molecule has 4 rings (SSSR count). The zero-order valence-electron chi connectivity index (χ0n) is 13.2. The van der Waals surface area contributed by atoms with Gasteiger partial charge in [-0.25, -0.2) is 0 Å². The van der Waals surface area contributed by atoms with E-state index in [1.807, 2.05) is 26.1 Å². The third-order valence-electron chi connectivity index (χ3n) is 4.12. The Kier molecular flexibility index (Phi) is 4.91. The summed E-state index contributed by atoms with van der Waals surface area (Å²) in [7, 11) is 0. The van der Waals surface area contributed by atoms with Crippen LogP contribution >= 0.6 is 0 Å². The Morgan fingerprint density at radius 1 is 1.04 bits per heavy atom. The highest BCUT2D eigenvalue weighted by atomic mass is 16.2. The van der Waals surface area contributed by atoms with Gasteiger partial charge in [0, 0.05) is 12.4 Å². The summed E-state index contributed by atoms with van der Waals surface area (Å²) < 4.78 is 0. The molecule has 0 radical (unpaired) electrons. The molecule has 0 unspecified atom stereocenters. The van der Waals surface area contributed by atoms with E-state index < -0.39 is 0 Å². The Morgan fingerprint density at radius 3 is 2.26 bits per heavy atom. The Morgan fingerprint density at radius 2 is 1.65 bits per heavy atom. The molecule has 23 heavy (non-hydrogen) atoms. The second-order valence-electron chi connectivity index (χ2n) is 5.15. The fourth-order valence-electron chi connectivity index (χ4n) is 3.18. The van der Waals surface area contributed by atoms with Crippen molar-refractivity contribution in [1.29, 1.82) is 0 Å². The molecular weight excluding hydrogens is 292 g/mol. The molecule has 0 saturated heterocycles. The van der Waals surface area contributed by atoms with Crippen molar-refractivity contribution in [3.05, 3.63) is 65.0 Å². The number of aromatic nitrogens is 1. The van der Waals surface area contributed by atoms with Gasteiger partial charge in [0.15, 0.2) is 0 Å². The summed E-state index contributed by atoms with van der Waals surface area (Å²) in [5.41, 5.74) is 3.21. The van der Waals surface area contributed by atoms with Crippen LogP contribution in [-0.2, 0) is 6.42 Å². The van der Waals surface area contributed by atoms with E-state index in [9.17, 15) is 9.59 Å². The summed E-state index contributed by atoms with van der Waals surface area (Å²) in [6.45, 7) is 4.00. The van der Waals surface area contributed by atoms with Crippen molar-refractivity contribution in [2.75, 3.05) is 0 Å². The van der Waals surface area contributed by atoms with Gasteiger partial charge >= 0.3 is 0 Å². The van der Waals surface area contributed by atoms with Crippen LogP contribution in [0.4, 0.5) is 0 Å². The summed E-state index contributed by atoms with van der Waals surface area (Å²) in [5, 5.41) is 0. The summed E-state index contributed by atoms with van der Waals surface area (Å²) in [5.74, 6) is -0.361. The summed E-state index contributed by atoms with van der Waals surface area (Å²) in [6.07, 6.45) is 5.19. The minimum absolute atomic E-state index is 0. The smallest absolute Gasteiger partial charge is 0.262 e. The first kappa shape index (κ1) is 16.8. The molecule has 0 spiro atoms. The van der Waals surface area contributed by atoms with Gasteiger partial charge in [-0.3, -0.25) is 19.5 Å². The lowest BCUT2D eigenvalue weighted by molar-refractivity contribution is 0.0582. The number of rotatable bonds is 1. The highest BCUT2D eigenvalue weighted by Crippen LogP contribution is 2.39. The van der Waals surface area contributed by atoms with Gasteiger partial charge in [0.25, 0.3) is 11.8 Å². The van der Waals surface area contributed by atoms with E-state index in [0.29, 0.717) is 11.1 Å². The van der Waals surface area contributed by atoms with E-state index in [2.05, 4.69) is 4.98 Å². The molecule has 0 bridgehead atoms. The average Bonchev–Trinajstić information content (AvgIpc) is 3.10. The number of fused-ring (bicyclic) bond motifs is 2. The van der Waals surface area contributed by atoms with Crippen LogP contribution in [0.1, 0.15) is 58.2 Å². The van der Waals surface area contributed by atoms with Gasteiger partial charge in [-0.1, -0.05) is 26.0 Å². The molecular formula is C18H20N2O3. The van der Waals surface area contributed by atoms with Crippen molar-refractivity contribution < 1.29 is 15.1 Å². The van der Waals surface area contributed by atoms with Crippen molar-refractivity contribution in [3.63, 3.8) is 0 Å². The van der Waals surface area contributed by atoms with Gasteiger partial charge < -0.3 is 5.48 Å². The molecule has 2 heterocycles. The zero-order valence-corrected chi connectivity index (χ0v) is 13.2. The second kappa shape index (κ2) is 6.71. The van der Waals surface area contributed by atoms with Gasteiger partial charge in [0.2, 0.25) is 0 Å². The Balaban J connectivity index is 0.000000617. The highest BCUT2D eigenvalue weighted by molar-refractivity contribution is 6.21. The Labute approximate surface area is 135 Å². The molecule has 0 fully saturated rings. The van der Waals surface area contributed by atoms with E-state index in [0.717, 1.165) is 24.0 Å². The molecule has 2 aliphatic rings. The van der Waals surface area contributed by atoms with Gasteiger partial charge in [-0.15, -0.1) is 0 Å². The van der Waals surface area contributed by atoms with Crippen LogP contribution in [0, 0.1) is 0 Å². The number of hydrogen-bond donors (Lipinski definition) is 0. The number of imide groups is 1. The van der Waals surface area contributed by atoms with E-state index >= 15 is 0 Å². The molecule has 1 aliphatic heterocycles. The van der Waals surface area contributed by atoms with Crippen molar-refractivity contribution >= 4 is 11.8 Å². The number of carbonyl (C=O) groups excluding carboxylic acids is 2. The summed E-state index contributed by atoms with van der Waals surface area (Å²) in [6, 6.07) is 8.78. The normalized spacial score (nSPS) is 17.8. The second-order valence-corrected chi connectivity index (χ2v) is 5.15. The topological polar surface area (TPSA) is 81.8 Å². The molecule has 120 valence electrons. The predicted octanol–water partition coefficient (Wildman–Crippen LogP) is 2.57. The van der Waals surface area contributed by atoms with Crippen molar-refractivity contribution in [2.24, 2.45) is 0 Å². The van der Waals surface area contributed by atoms with E-state index in [-0.39, 0.29) is 23.3 Å². The predicted molar refractivity (Wildman–Crippen MR) is 87.2 cm³/mol. The van der Waals surface area contributed by atoms with Crippen molar-refractivity contribution in [2.45, 2.75) is 32.7 Å². The molecule has 5 heteroatoms. The van der Waals surface area contributed by atoms with Gasteiger partial charge in [0.1, 0.15) is 0 Å². The van der Waals surface area contributed by atoms with Gasteiger partial charge in [-0.05, 0) is 42.2 Å². The molecule has 5 nitrogen and oxygen atoms in total. The van der Waals surface area contributed by atoms with Crippen LogP contribution in [0.2, 0.25) is 0 Å². The molecule has 2 amide bonds. The number of amides is 2. The van der Waals surface area contributed by atoms with Crippen LogP contribution < -0.4 is 0 Å². The molecule has 1 aliphatic carbocycles. The zero-order chi connectivity index (χ0) is 15.7. The van der Waals surface area contributed by atoms with E-state index in [4.69, 9.17) is 0 Å². The number of benzene rings is 1. The molecule has 1 aromatic carbocycles. The van der Waals surface area contributed by atoms with Crippen LogP contribution in [0.5, 0.6) is 0 Å². The minimum Gasteiger partial charge on any atom is -0.412 e. The fourth-order valence-corrected chi connectivity index (χ4v) is 3.18. The SMILES string of the molecule is CC.O.O=C1c2ccccc2C(=O)N1[C@@H]1CCc2cnccc21. The fraction of sp³-hybridized carbons (Fsp3) is 0.278. The first-order chi connectivity index (χ1) is 10.8. The Hall–Kier alpha value is -2.53. The molecule has 0 saturated carbocycles. The maximum Gasteiger partial charge on any atom is 0.262 e. The lowest BCUT2D eigenvalue weighted by atomic mass is 10.1. The van der Waals surface area contributed by atoms with Crippen LogP contribution in [0.3, 0.4) is 0 Å². The molecule has 2 aromatic rings. The maximum absolute atomic E-state index is 12.5. The first-order valence-electron chi connectivity index (χ1n) is 7.67. The molecule has 2 N–H and O–H groups in total. The highest BCUT2D eigenvalue weighted by Gasteiger charge is 2.42. The van der Waals surface area contributed by atoms with Crippen molar-refractivity contribution in [3.8, 4) is 0 Å². The maximum atomic E-state index is 12.5. The quantitative estimate of drug-likeness (QED) is 0.759. The van der Waals surface area contributed by atoms with E-state index in [1.54, 1.807) is 30.5 Å². The van der Waals surface area contributed by atoms with Gasteiger partial charge in [-0.2, -0.15) is 0 Å².